The van der Waals surface area contributed by atoms with Gasteiger partial charge >= 0.3 is 0 Å². The normalized spacial score (nSPS) is 25.3. The van der Waals surface area contributed by atoms with E-state index >= 15 is 0 Å². The second kappa shape index (κ2) is 5.10. The Bertz CT molecular complexity index is 284. The highest BCUT2D eigenvalue weighted by Gasteiger charge is 2.23. The number of thiophene rings is 1. The fourth-order valence-corrected chi connectivity index (χ4v) is 3.12. The van der Waals surface area contributed by atoms with Gasteiger partial charge in [0.2, 0.25) is 0 Å². The SMILES string of the molecule is CN[C@H]1CCCN([C@H](C)c2cccs2)C1. The molecule has 2 heterocycles. The van der Waals surface area contributed by atoms with E-state index in [-0.39, 0.29) is 0 Å². The van der Waals surface area contributed by atoms with Gasteiger partial charge in [0.15, 0.2) is 0 Å². The van der Waals surface area contributed by atoms with Gasteiger partial charge in [-0.1, -0.05) is 6.07 Å². The molecule has 0 amide bonds. The molecular weight excluding hydrogens is 204 g/mol. The minimum atomic E-state index is 0.584. The van der Waals surface area contributed by atoms with Gasteiger partial charge in [0.25, 0.3) is 0 Å². The van der Waals surface area contributed by atoms with Crippen LogP contribution in [0.4, 0.5) is 0 Å². The molecule has 2 atom stereocenters. The molecule has 84 valence electrons. The van der Waals surface area contributed by atoms with E-state index in [1.165, 1.54) is 30.8 Å². The van der Waals surface area contributed by atoms with Crippen LogP contribution in [-0.2, 0) is 0 Å². The highest BCUT2D eigenvalue weighted by molar-refractivity contribution is 7.10. The van der Waals surface area contributed by atoms with Crippen molar-refractivity contribution in [2.45, 2.75) is 31.8 Å². The number of hydrogen-bond donors (Lipinski definition) is 1. The maximum atomic E-state index is 3.40. The second-order valence-corrected chi connectivity index (χ2v) is 5.29. The van der Waals surface area contributed by atoms with Crippen LogP contribution in [0.3, 0.4) is 0 Å². The van der Waals surface area contributed by atoms with Crippen LogP contribution in [0.1, 0.15) is 30.7 Å². The van der Waals surface area contributed by atoms with Crippen LogP contribution in [0.2, 0.25) is 0 Å². The zero-order valence-electron chi connectivity index (χ0n) is 9.57. The van der Waals surface area contributed by atoms with Gasteiger partial charge in [0.1, 0.15) is 0 Å². The standard InChI is InChI=1S/C12H20N2S/c1-10(12-6-4-8-15-12)14-7-3-5-11(9-14)13-2/h4,6,8,10-11,13H,3,5,7,9H2,1-2H3/t10-,11+/m1/s1. The van der Waals surface area contributed by atoms with Gasteiger partial charge in [-0.2, -0.15) is 0 Å². The molecule has 0 aliphatic carbocycles. The first kappa shape index (κ1) is 11.1. The number of rotatable bonds is 3. The molecule has 0 spiro atoms. The van der Waals surface area contributed by atoms with Crippen molar-refractivity contribution in [3.8, 4) is 0 Å². The molecule has 1 fully saturated rings. The van der Waals surface area contributed by atoms with Crippen LogP contribution in [0.15, 0.2) is 17.5 Å². The predicted octanol–water partition coefficient (Wildman–Crippen LogP) is 2.49. The van der Waals surface area contributed by atoms with E-state index < -0.39 is 0 Å². The van der Waals surface area contributed by atoms with Gasteiger partial charge < -0.3 is 5.32 Å². The molecule has 0 aromatic carbocycles. The molecule has 0 unspecified atom stereocenters. The largest absolute Gasteiger partial charge is 0.316 e. The molecule has 1 aliphatic rings. The van der Waals surface area contributed by atoms with Crippen molar-refractivity contribution in [2.75, 3.05) is 20.1 Å². The van der Waals surface area contributed by atoms with Crippen LogP contribution in [0, 0.1) is 0 Å². The van der Waals surface area contributed by atoms with E-state index in [2.05, 4.69) is 41.7 Å². The van der Waals surface area contributed by atoms with Crippen LogP contribution in [0.25, 0.3) is 0 Å². The minimum absolute atomic E-state index is 0.584. The monoisotopic (exact) mass is 224 g/mol. The number of likely N-dealkylation sites (tertiary alicyclic amines) is 1. The first-order valence-electron chi connectivity index (χ1n) is 5.76. The van der Waals surface area contributed by atoms with Crippen molar-refractivity contribution in [2.24, 2.45) is 0 Å². The van der Waals surface area contributed by atoms with Crippen LogP contribution >= 0.6 is 11.3 Å². The maximum absolute atomic E-state index is 3.40. The molecule has 1 N–H and O–H groups in total. The third kappa shape index (κ3) is 2.60. The zero-order valence-corrected chi connectivity index (χ0v) is 10.4. The summed E-state index contributed by atoms with van der Waals surface area (Å²) in [5, 5.41) is 5.57. The Labute approximate surface area is 96.3 Å². The van der Waals surface area contributed by atoms with Gasteiger partial charge in [-0.05, 0) is 44.8 Å². The number of hydrogen-bond acceptors (Lipinski definition) is 3. The van der Waals surface area contributed by atoms with E-state index in [9.17, 15) is 0 Å². The first-order valence-corrected chi connectivity index (χ1v) is 6.64. The number of likely N-dealkylation sites (N-methyl/N-ethyl adjacent to an activating group) is 1. The average molecular weight is 224 g/mol. The molecule has 1 aliphatic heterocycles. The van der Waals surface area contributed by atoms with Gasteiger partial charge in [-0.25, -0.2) is 0 Å². The van der Waals surface area contributed by atoms with E-state index in [1.807, 2.05) is 11.3 Å². The lowest BCUT2D eigenvalue weighted by Gasteiger charge is -2.36. The van der Waals surface area contributed by atoms with Crippen LogP contribution < -0.4 is 5.32 Å². The van der Waals surface area contributed by atoms with Crippen molar-refractivity contribution < 1.29 is 0 Å². The summed E-state index contributed by atoms with van der Waals surface area (Å²) < 4.78 is 0. The molecule has 0 radical (unpaired) electrons. The Balaban J connectivity index is 1.98. The number of nitrogens with one attached hydrogen (secondary N) is 1. The molecule has 0 saturated carbocycles. The molecule has 0 bridgehead atoms. The average Bonchev–Trinajstić information content (AvgIpc) is 2.81. The van der Waals surface area contributed by atoms with Crippen molar-refractivity contribution in [1.82, 2.24) is 10.2 Å². The van der Waals surface area contributed by atoms with Crippen LogP contribution in [-0.4, -0.2) is 31.1 Å². The molecule has 15 heavy (non-hydrogen) atoms. The summed E-state index contributed by atoms with van der Waals surface area (Å²) in [6.45, 7) is 4.76. The van der Waals surface area contributed by atoms with E-state index in [4.69, 9.17) is 0 Å². The number of nitrogens with zero attached hydrogens (tertiary/aromatic N) is 1. The lowest BCUT2D eigenvalue weighted by Crippen LogP contribution is -2.45. The van der Waals surface area contributed by atoms with Crippen LogP contribution in [0.5, 0.6) is 0 Å². The fourth-order valence-electron chi connectivity index (χ4n) is 2.30. The summed E-state index contributed by atoms with van der Waals surface area (Å²) in [4.78, 5) is 4.09. The van der Waals surface area contributed by atoms with E-state index in [0.29, 0.717) is 12.1 Å². The topological polar surface area (TPSA) is 15.3 Å². The Kier molecular flexibility index (Phi) is 3.78. The van der Waals surface area contributed by atoms with Gasteiger partial charge in [0, 0.05) is 23.5 Å². The summed E-state index contributed by atoms with van der Waals surface area (Å²) >= 11 is 1.87. The predicted molar refractivity (Wildman–Crippen MR) is 66.4 cm³/mol. The third-order valence-corrected chi connectivity index (χ3v) is 4.41. The summed E-state index contributed by atoms with van der Waals surface area (Å²) in [5.41, 5.74) is 0. The van der Waals surface area contributed by atoms with Crippen molar-refractivity contribution in [3.63, 3.8) is 0 Å². The Morgan fingerprint density at radius 1 is 1.60 bits per heavy atom. The molecule has 2 rings (SSSR count). The zero-order chi connectivity index (χ0) is 10.7. The highest BCUT2D eigenvalue weighted by Crippen LogP contribution is 2.27. The second-order valence-electron chi connectivity index (χ2n) is 4.31. The molecule has 2 nitrogen and oxygen atoms in total. The van der Waals surface area contributed by atoms with Crippen molar-refractivity contribution in [3.05, 3.63) is 22.4 Å². The summed E-state index contributed by atoms with van der Waals surface area (Å²) in [5.74, 6) is 0. The van der Waals surface area contributed by atoms with Crippen molar-refractivity contribution >= 4 is 11.3 Å². The summed E-state index contributed by atoms with van der Waals surface area (Å²) in [6.07, 6.45) is 2.64. The number of piperidine rings is 1. The third-order valence-electron chi connectivity index (χ3n) is 3.36. The quantitative estimate of drug-likeness (QED) is 0.848. The molecule has 1 saturated heterocycles. The van der Waals surface area contributed by atoms with E-state index in [1.54, 1.807) is 0 Å². The summed E-state index contributed by atoms with van der Waals surface area (Å²) in [7, 11) is 2.07. The summed E-state index contributed by atoms with van der Waals surface area (Å²) in [6, 6.07) is 5.66. The Morgan fingerprint density at radius 2 is 2.47 bits per heavy atom. The molecular formula is C12H20N2S. The van der Waals surface area contributed by atoms with Gasteiger partial charge in [-0.15, -0.1) is 11.3 Å². The van der Waals surface area contributed by atoms with Crippen molar-refractivity contribution in [1.29, 1.82) is 0 Å². The maximum Gasteiger partial charge on any atom is 0.0413 e. The highest BCUT2D eigenvalue weighted by atomic mass is 32.1. The van der Waals surface area contributed by atoms with Gasteiger partial charge in [0.05, 0.1) is 0 Å². The van der Waals surface area contributed by atoms with Gasteiger partial charge in [-0.3, -0.25) is 4.90 Å². The lowest BCUT2D eigenvalue weighted by molar-refractivity contribution is 0.151. The molecule has 1 aromatic heterocycles. The minimum Gasteiger partial charge on any atom is -0.316 e. The Hall–Kier alpha value is -0.380. The lowest BCUT2D eigenvalue weighted by atomic mass is 10.0. The Morgan fingerprint density at radius 3 is 3.13 bits per heavy atom. The van der Waals surface area contributed by atoms with E-state index in [0.717, 1.165) is 0 Å². The molecule has 1 aromatic rings. The molecule has 3 heteroatoms. The smallest absolute Gasteiger partial charge is 0.0413 e. The fraction of sp³-hybridized carbons (Fsp3) is 0.667. The first-order chi connectivity index (χ1) is 7.31.